The molecule has 4 N–H and O–H groups in total. The fourth-order valence-electron chi connectivity index (χ4n) is 5.48. The molecule has 3 amide bonds. The lowest BCUT2D eigenvalue weighted by atomic mass is 10.1. The third-order valence-corrected chi connectivity index (χ3v) is 7.86. The Morgan fingerprint density at radius 1 is 1.07 bits per heavy atom. The molecule has 0 unspecified atom stereocenters. The van der Waals surface area contributed by atoms with E-state index in [1.165, 1.54) is 35.8 Å². The Kier molecular flexibility index (Phi) is 9.60. The molecule has 45 heavy (non-hydrogen) atoms. The highest BCUT2D eigenvalue weighted by Crippen LogP contribution is 2.36. The predicted octanol–water partition coefficient (Wildman–Crippen LogP) is 2.87. The summed E-state index contributed by atoms with van der Waals surface area (Å²) in [5.74, 6) is -1.38. The molecule has 16 nitrogen and oxygen atoms in total. The molecule has 2 saturated heterocycles. The Bertz CT molecular complexity index is 1580. The zero-order valence-corrected chi connectivity index (χ0v) is 26.2. The van der Waals surface area contributed by atoms with Crippen molar-refractivity contribution in [1.82, 2.24) is 25.5 Å². The van der Waals surface area contributed by atoms with Gasteiger partial charge in [-0.2, -0.15) is 0 Å². The van der Waals surface area contributed by atoms with Gasteiger partial charge in [0.2, 0.25) is 5.91 Å². The number of halogens is 1. The van der Waals surface area contributed by atoms with Gasteiger partial charge < -0.3 is 30.1 Å². The number of nitro benzene ring substituents is 1. The quantitative estimate of drug-likeness (QED) is 0.190. The average Bonchev–Trinajstić information content (AvgIpc) is 3.66. The second-order valence-electron chi connectivity index (χ2n) is 10.9. The Labute approximate surface area is 266 Å². The summed E-state index contributed by atoms with van der Waals surface area (Å²) in [5.41, 5.74) is 3.76. The monoisotopic (exact) mass is 685 g/mol. The molecular formula is C28H32BrN9O7. The molecular weight excluding hydrogens is 654 g/mol. The zero-order chi connectivity index (χ0) is 32.2. The summed E-state index contributed by atoms with van der Waals surface area (Å²) >= 11 is 3.31. The smallest absolute Gasteiger partial charge is 0.294 e. The summed E-state index contributed by atoms with van der Waals surface area (Å²) < 4.78 is 10.9. The van der Waals surface area contributed by atoms with E-state index in [9.17, 15) is 24.5 Å². The van der Waals surface area contributed by atoms with Crippen LogP contribution in [-0.4, -0.2) is 93.7 Å². The second kappa shape index (κ2) is 13.6. The first-order valence-corrected chi connectivity index (χ1v) is 14.9. The predicted molar refractivity (Wildman–Crippen MR) is 166 cm³/mol. The van der Waals surface area contributed by atoms with Crippen molar-refractivity contribution in [3.63, 3.8) is 0 Å². The number of nitro groups is 1. The third-order valence-electron chi connectivity index (χ3n) is 7.40. The Balaban J connectivity index is 1.44. The van der Waals surface area contributed by atoms with Crippen LogP contribution >= 0.6 is 15.9 Å². The van der Waals surface area contributed by atoms with Crippen molar-refractivity contribution in [2.45, 2.75) is 44.6 Å². The van der Waals surface area contributed by atoms with Crippen molar-refractivity contribution in [3.8, 4) is 0 Å². The number of pyridine rings is 1. The molecule has 4 atom stereocenters. The molecule has 4 heterocycles. The zero-order valence-electron chi connectivity index (χ0n) is 24.7. The lowest BCUT2D eigenvalue weighted by molar-refractivity contribution is -0.384. The SMILES string of the molecule is CNc1cncc(C(=O)NN2C[C@H](Nc3c(C(=O)N4C[C@@H](C)O[C@@H](C)C4)cc(Br)cc3[N+](=O)[O-])C[C@H]2C(=O)Nc2cnoc2)c1. The van der Waals surface area contributed by atoms with Crippen molar-refractivity contribution in [1.29, 1.82) is 0 Å². The minimum Gasteiger partial charge on any atom is -0.387 e. The van der Waals surface area contributed by atoms with Gasteiger partial charge in [0, 0.05) is 55.7 Å². The molecule has 2 fully saturated rings. The number of aromatic nitrogens is 2. The van der Waals surface area contributed by atoms with E-state index >= 15 is 0 Å². The van der Waals surface area contributed by atoms with Crippen LogP contribution in [0.5, 0.6) is 0 Å². The lowest BCUT2D eigenvalue weighted by Gasteiger charge is -2.35. The highest BCUT2D eigenvalue weighted by molar-refractivity contribution is 9.10. The number of nitrogens with one attached hydrogen (secondary N) is 4. The van der Waals surface area contributed by atoms with Gasteiger partial charge >= 0.3 is 0 Å². The van der Waals surface area contributed by atoms with Crippen LogP contribution in [0.25, 0.3) is 0 Å². The minimum atomic E-state index is -0.906. The van der Waals surface area contributed by atoms with Gasteiger partial charge in [-0.05, 0) is 32.4 Å². The summed E-state index contributed by atoms with van der Waals surface area (Å²) in [6, 6.07) is 2.96. The summed E-state index contributed by atoms with van der Waals surface area (Å²) in [7, 11) is 1.70. The molecule has 0 bridgehead atoms. The first-order chi connectivity index (χ1) is 21.5. The number of ether oxygens (including phenoxy) is 1. The molecule has 2 aromatic heterocycles. The van der Waals surface area contributed by atoms with Crippen LogP contribution in [0.3, 0.4) is 0 Å². The number of carbonyl (C=O) groups is 3. The third kappa shape index (κ3) is 7.38. The van der Waals surface area contributed by atoms with Crippen LogP contribution in [-0.2, 0) is 9.53 Å². The van der Waals surface area contributed by atoms with Gasteiger partial charge in [-0.15, -0.1) is 0 Å². The van der Waals surface area contributed by atoms with Gasteiger partial charge in [0.25, 0.3) is 17.5 Å². The molecule has 2 aliphatic rings. The Hall–Kier alpha value is -4.61. The van der Waals surface area contributed by atoms with Crippen molar-refractivity contribution in [3.05, 3.63) is 68.8 Å². The van der Waals surface area contributed by atoms with Crippen molar-refractivity contribution >= 4 is 56.4 Å². The molecule has 0 aliphatic carbocycles. The van der Waals surface area contributed by atoms with E-state index in [1.807, 2.05) is 13.8 Å². The van der Waals surface area contributed by atoms with Crippen molar-refractivity contribution in [2.24, 2.45) is 0 Å². The van der Waals surface area contributed by atoms with E-state index in [0.717, 1.165) is 0 Å². The number of anilines is 3. The van der Waals surface area contributed by atoms with Gasteiger partial charge in [0.05, 0.1) is 40.1 Å². The summed E-state index contributed by atoms with van der Waals surface area (Å²) in [5, 5.41) is 26.0. The van der Waals surface area contributed by atoms with Crippen molar-refractivity contribution in [2.75, 3.05) is 42.6 Å². The van der Waals surface area contributed by atoms with Gasteiger partial charge in [-0.25, -0.2) is 5.01 Å². The maximum atomic E-state index is 13.8. The van der Waals surface area contributed by atoms with Crippen LogP contribution in [0.1, 0.15) is 41.0 Å². The van der Waals surface area contributed by atoms with Gasteiger partial charge in [-0.3, -0.25) is 34.9 Å². The van der Waals surface area contributed by atoms with Crippen molar-refractivity contribution < 1.29 is 28.6 Å². The van der Waals surface area contributed by atoms with Crippen LogP contribution < -0.4 is 21.4 Å². The Morgan fingerprint density at radius 3 is 2.49 bits per heavy atom. The van der Waals surface area contributed by atoms with E-state index in [4.69, 9.17) is 9.26 Å². The average molecular weight is 687 g/mol. The van der Waals surface area contributed by atoms with Crippen LogP contribution in [0.2, 0.25) is 0 Å². The number of hydrogen-bond donors (Lipinski definition) is 4. The number of morpholine rings is 1. The summed E-state index contributed by atoms with van der Waals surface area (Å²) in [6.45, 7) is 4.42. The molecule has 17 heteroatoms. The highest BCUT2D eigenvalue weighted by atomic mass is 79.9. The molecule has 0 spiro atoms. The number of hydrazine groups is 1. The van der Waals surface area contributed by atoms with E-state index in [1.54, 1.807) is 24.2 Å². The molecule has 1 aromatic carbocycles. The standard InChI is InChI=1S/C28H32BrN9O7/c1-15-11-36(12-16(2)45-15)28(41)22-5-18(29)6-23(38(42)43)25(22)33-20-7-24(27(40)34-21-10-32-44-14-21)37(13-20)35-26(39)17-4-19(30-3)9-31-8-17/h4-6,8-10,14-16,20,24,30,33H,7,11-13H2,1-3H3,(H,34,40)(H,35,39)/t15-,16+,20-,24+/m1/s1. The van der Waals surface area contributed by atoms with E-state index in [-0.39, 0.29) is 47.7 Å². The minimum absolute atomic E-state index is 0.0160. The highest BCUT2D eigenvalue weighted by Gasteiger charge is 2.40. The van der Waals surface area contributed by atoms with E-state index in [2.05, 4.69) is 47.4 Å². The van der Waals surface area contributed by atoms with Gasteiger partial charge in [-0.1, -0.05) is 21.1 Å². The molecule has 0 radical (unpaired) electrons. The normalized spacial score (nSPS) is 21.6. The van der Waals surface area contributed by atoms with Gasteiger partial charge in [0.1, 0.15) is 23.7 Å². The van der Waals surface area contributed by atoms with E-state index < -0.39 is 34.7 Å². The number of benzene rings is 1. The molecule has 2 aliphatic heterocycles. The second-order valence-corrected chi connectivity index (χ2v) is 11.8. The largest absolute Gasteiger partial charge is 0.387 e. The fraction of sp³-hybridized carbons (Fsp3) is 0.393. The fourth-order valence-corrected chi connectivity index (χ4v) is 5.92. The number of carbonyl (C=O) groups excluding carboxylic acids is 3. The number of rotatable bonds is 9. The Morgan fingerprint density at radius 2 is 1.82 bits per heavy atom. The maximum absolute atomic E-state index is 13.8. The van der Waals surface area contributed by atoms with E-state index in [0.29, 0.717) is 28.9 Å². The van der Waals surface area contributed by atoms with Crippen LogP contribution in [0.15, 0.2) is 52.0 Å². The lowest BCUT2D eigenvalue weighted by Crippen LogP contribution is -2.50. The van der Waals surface area contributed by atoms with Gasteiger partial charge in [0.15, 0.2) is 0 Å². The molecule has 5 rings (SSSR count). The maximum Gasteiger partial charge on any atom is 0.294 e. The number of nitrogens with zero attached hydrogens (tertiary/aromatic N) is 5. The first kappa shape index (κ1) is 31.8. The molecule has 238 valence electrons. The van der Waals surface area contributed by atoms with Crippen LogP contribution in [0.4, 0.5) is 22.7 Å². The molecule has 0 saturated carbocycles. The first-order valence-electron chi connectivity index (χ1n) is 14.1. The number of hydrogen-bond acceptors (Lipinski definition) is 12. The van der Waals surface area contributed by atoms with Crippen LogP contribution in [0, 0.1) is 10.1 Å². The number of amides is 3. The summed E-state index contributed by atoms with van der Waals surface area (Å²) in [4.78, 5) is 57.7. The molecule has 3 aromatic rings. The summed E-state index contributed by atoms with van der Waals surface area (Å²) in [6.07, 6.45) is 5.25. The topological polar surface area (TPSA) is 197 Å².